The molecule has 1 aliphatic carbocycles. The van der Waals surface area contributed by atoms with Crippen LogP contribution in [0.4, 0.5) is 0 Å². The van der Waals surface area contributed by atoms with Crippen LogP contribution in [0.3, 0.4) is 0 Å². The fraction of sp³-hybridized carbons (Fsp3) is 0.632. The van der Waals surface area contributed by atoms with Crippen LogP contribution in [0.15, 0.2) is 18.2 Å². The molecule has 4 atom stereocenters. The normalized spacial score (nSPS) is 29.3. The van der Waals surface area contributed by atoms with Crippen molar-refractivity contribution >= 4 is 5.91 Å². The van der Waals surface area contributed by atoms with Gasteiger partial charge in [-0.05, 0) is 60.3 Å². The Bertz CT molecular complexity index is 661. The van der Waals surface area contributed by atoms with Crippen LogP contribution in [-0.4, -0.2) is 31.0 Å². The van der Waals surface area contributed by atoms with E-state index >= 15 is 0 Å². The van der Waals surface area contributed by atoms with E-state index in [1.807, 2.05) is 6.07 Å². The second kappa shape index (κ2) is 7.42. The lowest BCUT2D eigenvalue weighted by Gasteiger charge is -2.27. The van der Waals surface area contributed by atoms with Crippen LogP contribution in [-0.2, 0) is 11.2 Å². The summed E-state index contributed by atoms with van der Waals surface area (Å²) in [7, 11) is 1.66. The Kier molecular flexibility index (Phi) is 5.25. The summed E-state index contributed by atoms with van der Waals surface area (Å²) in [6.07, 6.45) is 3.04. The molecule has 6 heteroatoms. The van der Waals surface area contributed by atoms with E-state index in [4.69, 9.17) is 4.74 Å². The maximum Gasteiger partial charge on any atom is 0.220 e. The van der Waals surface area contributed by atoms with E-state index in [1.54, 1.807) is 7.11 Å². The van der Waals surface area contributed by atoms with Crippen molar-refractivity contribution < 1.29 is 14.5 Å². The number of hydrogen-bond donors (Lipinski definition) is 1. The van der Waals surface area contributed by atoms with Crippen LogP contribution in [0.25, 0.3) is 0 Å². The van der Waals surface area contributed by atoms with E-state index in [0.717, 1.165) is 25.0 Å². The minimum absolute atomic E-state index is 0.0191. The molecule has 1 aliphatic heterocycles. The van der Waals surface area contributed by atoms with Gasteiger partial charge in [0, 0.05) is 23.8 Å². The van der Waals surface area contributed by atoms with Gasteiger partial charge in [0.25, 0.3) is 0 Å². The average Bonchev–Trinajstić information content (AvgIpc) is 2.87. The fourth-order valence-corrected chi connectivity index (χ4v) is 4.69. The Labute approximate surface area is 148 Å². The van der Waals surface area contributed by atoms with Gasteiger partial charge >= 0.3 is 0 Å². The largest absolute Gasteiger partial charge is 0.497 e. The standard InChI is InChI=1S/C19H26N2O4/c1-12-8-16-15-6-5-14(25-2)9-13(15)4-3-7-20-19(22)10-17(16)18(12)11-21(23)24/h5-6,9,12,16-18H,3-4,7-8,10-11H2,1-2H3,(H,20,22)/t12-,16+,17+,18+/m0/s1. The van der Waals surface area contributed by atoms with Crippen LogP contribution in [0.2, 0.25) is 0 Å². The summed E-state index contributed by atoms with van der Waals surface area (Å²) in [6.45, 7) is 2.67. The summed E-state index contributed by atoms with van der Waals surface area (Å²) in [5.41, 5.74) is 2.50. The SMILES string of the molecule is COc1ccc2c(c1)CCCNC(=O)C[C@H]1[C@H](C[N+](=O)[O-])[C@@H](C)C[C@H]21. The molecule has 1 fully saturated rings. The molecule has 1 N–H and O–H groups in total. The molecule has 0 bridgehead atoms. The molecule has 0 spiro atoms. The molecule has 0 radical (unpaired) electrons. The number of aryl methyl sites for hydroxylation is 1. The Morgan fingerprint density at radius 1 is 1.40 bits per heavy atom. The number of benzene rings is 1. The van der Waals surface area contributed by atoms with Crippen molar-refractivity contribution in [2.45, 2.75) is 38.5 Å². The molecule has 25 heavy (non-hydrogen) atoms. The summed E-state index contributed by atoms with van der Waals surface area (Å²) in [6, 6.07) is 6.15. The fourth-order valence-electron chi connectivity index (χ4n) is 4.69. The predicted octanol–water partition coefficient (Wildman–Crippen LogP) is 2.78. The third kappa shape index (κ3) is 3.78. The van der Waals surface area contributed by atoms with Crippen LogP contribution < -0.4 is 10.1 Å². The smallest absolute Gasteiger partial charge is 0.220 e. The molecule has 1 aromatic carbocycles. The zero-order valence-corrected chi connectivity index (χ0v) is 14.9. The maximum atomic E-state index is 12.3. The third-order valence-corrected chi connectivity index (χ3v) is 5.90. The number of nitrogens with one attached hydrogen (secondary N) is 1. The molecule has 2 aliphatic rings. The Balaban J connectivity index is 2.00. The summed E-state index contributed by atoms with van der Waals surface area (Å²) >= 11 is 0. The maximum absolute atomic E-state index is 12.3. The molecule has 1 aromatic rings. The van der Waals surface area contributed by atoms with Crippen molar-refractivity contribution in [1.82, 2.24) is 5.32 Å². The number of nitrogens with zero attached hydrogens (tertiary/aromatic N) is 1. The molecular formula is C19H26N2O4. The van der Waals surface area contributed by atoms with Crippen molar-refractivity contribution in [3.05, 3.63) is 39.4 Å². The summed E-state index contributed by atoms with van der Waals surface area (Å²) in [5.74, 6) is 1.26. The number of carbonyl (C=O) groups is 1. The van der Waals surface area contributed by atoms with Gasteiger partial charge in [-0.2, -0.15) is 0 Å². The highest BCUT2D eigenvalue weighted by atomic mass is 16.6. The van der Waals surface area contributed by atoms with Crippen molar-refractivity contribution in [3.8, 4) is 5.75 Å². The van der Waals surface area contributed by atoms with Gasteiger partial charge in [-0.15, -0.1) is 0 Å². The van der Waals surface area contributed by atoms with E-state index in [0.29, 0.717) is 13.0 Å². The van der Waals surface area contributed by atoms with Crippen molar-refractivity contribution in [2.24, 2.45) is 17.8 Å². The van der Waals surface area contributed by atoms with Gasteiger partial charge in [0.15, 0.2) is 0 Å². The first kappa shape index (κ1) is 17.7. The van der Waals surface area contributed by atoms with E-state index in [9.17, 15) is 14.9 Å². The van der Waals surface area contributed by atoms with E-state index in [-0.39, 0.29) is 41.0 Å². The number of rotatable bonds is 3. The van der Waals surface area contributed by atoms with Gasteiger partial charge in [0.2, 0.25) is 12.5 Å². The molecule has 1 heterocycles. The van der Waals surface area contributed by atoms with Crippen molar-refractivity contribution in [3.63, 3.8) is 0 Å². The summed E-state index contributed by atoms with van der Waals surface area (Å²) in [5, 5.41) is 14.1. The van der Waals surface area contributed by atoms with Gasteiger partial charge in [0.05, 0.1) is 7.11 Å². The minimum atomic E-state index is -0.227. The number of ether oxygens (including phenoxy) is 1. The van der Waals surface area contributed by atoms with Gasteiger partial charge in [-0.1, -0.05) is 13.0 Å². The summed E-state index contributed by atoms with van der Waals surface area (Å²) in [4.78, 5) is 23.2. The van der Waals surface area contributed by atoms with E-state index in [2.05, 4.69) is 24.4 Å². The van der Waals surface area contributed by atoms with Gasteiger partial charge in [0.1, 0.15) is 5.75 Å². The third-order valence-electron chi connectivity index (χ3n) is 5.90. The quantitative estimate of drug-likeness (QED) is 0.674. The minimum Gasteiger partial charge on any atom is -0.497 e. The Morgan fingerprint density at radius 2 is 2.20 bits per heavy atom. The van der Waals surface area contributed by atoms with Crippen LogP contribution in [0.5, 0.6) is 5.75 Å². The number of methoxy groups -OCH3 is 1. The topological polar surface area (TPSA) is 81.5 Å². The lowest BCUT2D eigenvalue weighted by molar-refractivity contribution is -0.490. The van der Waals surface area contributed by atoms with E-state index in [1.165, 1.54) is 11.1 Å². The van der Waals surface area contributed by atoms with Crippen LogP contribution >= 0.6 is 0 Å². The zero-order chi connectivity index (χ0) is 18.0. The van der Waals surface area contributed by atoms with Crippen LogP contribution in [0.1, 0.15) is 43.2 Å². The number of fused-ring (bicyclic) bond motifs is 3. The van der Waals surface area contributed by atoms with Gasteiger partial charge in [-0.25, -0.2) is 0 Å². The molecular weight excluding hydrogens is 320 g/mol. The molecule has 1 amide bonds. The summed E-state index contributed by atoms with van der Waals surface area (Å²) < 4.78 is 5.37. The highest BCUT2D eigenvalue weighted by Gasteiger charge is 2.45. The monoisotopic (exact) mass is 346 g/mol. The van der Waals surface area contributed by atoms with E-state index < -0.39 is 0 Å². The molecule has 0 aromatic heterocycles. The molecule has 1 saturated carbocycles. The lowest BCUT2D eigenvalue weighted by atomic mass is 9.79. The molecule has 136 valence electrons. The zero-order valence-electron chi connectivity index (χ0n) is 14.9. The lowest BCUT2D eigenvalue weighted by Crippen LogP contribution is -2.32. The molecule has 0 saturated heterocycles. The molecule has 6 nitrogen and oxygen atoms in total. The highest BCUT2D eigenvalue weighted by Crippen LogP contribution is 2.50. The van der Waals surface area contributed by atoms with Crippen molar-refractivity contribution in [2.75, 3.05) is 20.2 Å². The number of hydrogen-bond acceptors (Lipinski definition) is 4. The highest BCUT2D eigenvalue weighted by molar-refractivity contribution is 5.76. The van der Waals surface area contributed by atoms with Gasteiger partial charge in [-0.3, -0.25) is 14.9 Å². The van der Waals surface area contributed by atoms with Gasteiger partial charge < -0.3 is 10.1 Å². The Morgan fingerprint density at radius 3 is 2.92 bits per heavy atom. The van der Waals surface area contributed by atoms with Crippen molar-refractivity contribution in [1.29, 1.82) is 0 Å². The number of carbonyl (C=O) groups excluding carboxylic acids is 1. The molecule has 3 rings (SSSR count). The molecule has 0 unspecified atom stereocenters. The average molecular weight is 346 g/mol. The predicted molar refractivity (Wildman–Crippen MR) is 94.3 cm³/mol. The first-order chi connectivity index (χ1) is 12.0. The first-order valence-electron chi connectivity index (χ1n) is 9.05. The number of amides is 1. The first-order valence-corrected chi connectivity index (χ1v) is 9.05. The second-order valence-electron chi connectivity index (χ2n) is 7.38. The van der Waals surface area contributed by atoms with Crippen LogP contribution in [0, 0.1) is 27.9 Å². The number of nitro groups is 1. The second-order valence-corrected chi connectivity index (χ2v) is 7.38. The Hall–Kier alpha value is -2.11.